The zero-order valence-electron chi connectivity index (χ0n) is 14.7. The van der Waals surface area contributed by atoms with Gasteiger partial charge in [0.05, 0.1) is 19.2 Å². The summed E-state index contributed by atoms with van der Waals surface area (Å²) in [7, 11) is 1.55. The van der Waals surface area contributed by atoms with Gasteiger partial charge >= 0.3 is 5.97 Å². The van der Waals surface area contributed by atoms with Crippen molar-refractivity contribution in [3.05, 3.63) is 60.2 Å². The molecule has 0 radical (unpaired) electrons. The second-order valence-electron chi connectivity index (χ2n) is 6.09. The average Bonchev–Trinajstić information content (AvgIpc) is 2.66. The van der Waals surface area contributed by atoms with Gasteiger partial charge in [-0.05, 0) is 17.7 Å². The van der Waals surface area contributed by atoms with Gasteiger partial charge in [0.2, 0.25) is 5.91 Å². The molecule has 0 spiro atoms. The summed E-state index contributed by atoms with van der Waals surface area (Å²) in [6, 6.07) is 16.5. The van der Waals surface area contributed by atoms with Crippen LogP contribution in [0.5, 0.6) is 5.75 Å². The number of nitrogens with zero attached hydrogens (tertiary/aromatic N) is 1. The lowest BCUT2D eigenvalue weighted by atomic mass is 10.1. The predicted molar refractivity (Wildman–Crippen MR) is 97.8 cm³/mol. The molecule has 1 saturated heterocycles. The van der Waals surface area contributed by atoms with Crippen molar-refractivity contribution in [3.63, 3.8) is 0 Å². The van der Waals surface area contributed by atoms with E-state index in [4.69, 9.17) is 9.47 Å². The highest BCUT2D eigenvalue weighted by Gasteiger charge is 2.33. The molecule has 1 N–H and O–H groups in total. The summed E-state index contributed by atoms with van der Waals surface area (Å²) in [5.41, 5.74) is 1.68. The van der Waals surface area contributed by atoms with Crippen molar-refractivity contribution in [1.82, 2.24) is 4.90 Å². The van der Waals surface area contributed by atoms with Crippen molar-refractivity contribution in [2.24, 2.45) is 0 Å². The topological polar surface area (TPSA) is 67.9 Å². The first-order valence-electron chi connectivity index (χ1n) is 8.55. The van der Waals surface area contributed by atoms with Gasteiger partial charge in [-0.3, -0.25) is 14.5 Å². The van der Waals surface area contributed by atoms with E-state index in [2.05, 4.69) is 5.32 Å². The van der Waals surface area contributed by atoms with E-state index in [0.717, 1.165) is 5.56 Å². The van der Waals surface area contributed by atoms with Crippen LogP contribution in [0.15, 0.2) is 54.6 Å². The van der Waals surface area contributed by atoms with Crippen LogP contribution in [0.3, 0.4) is 0 Å². The van der Waals surface area contributed by atoms with Crippen LogP contribution >= 0.6 is 0 Å². The van der Waals surface area contributed by atoms with Gasteiger partial charge in [-0.2, -0.15) is 0 Å². The zero-order chi connectivity index (χ0) is 18.4. The van der Waals surface area contributed by atoms with Crippen LogP contribution in [0, 0.1) is 0 Å². The van der Waals surface area contributed by atoms with Crippen molar-refractivity contribution in [1.29, 1.82) is 0 Å². The van der Waals surface area contributed by atoms with E-state index in [1.54, 1.807) is 19.2 Å². The fourth-order valence-corrected chi connectivity index (χ4v) is 3.01. The standard InChI is InChI=1S/C20H22N2O4/c1-25-18-10-6-5-9-16(18)21-19(23)13-17-20(24)26-12-11-22(17)14-15-7-3-2-4-8-15/h2-10,17H,11-14H2,1H3,(H,21,23)/t17-/m0/s1. The molecule has 136 valence electrons. The highest BCUT2D eigenvalue weighted by Crippen LogP contribution is 2.24. The van der Waals surface area contributed by atoms with Gasteiger partial charge in [-0.25, -0.2) is 0 Å². The first-order chi connectivity index (χ1) is 12.7. The van der Waals surface area contributed by atoms with Gasteiger partial charge in [0.15, 0.2) is 0 Å². The van der Waals surface area contributed by atoms with E-state index < -0.39 is 6.04 Å². The van der Waals surface area contributed by atoms with Crippen LogP contribution in [0.25, 0.3) is 0 Å². The maximum Gasteiger partial charge on any atom is 0.323 e. The number of esters is 1. The molecule has 6 heteroatoms. The number of hydrogen-bond acceptors (Lipinski definition) is 5. The van der Waals surface area contributed by atoms with E-state index in [0.29, 0.717) is 31.1 Å². The summed E-state index contributed by atoms with van der Waals surface area (Å²) in [6.07, 6.45) is 0.0315. The highest BCUT2D eigenvalue weighted by molar-refractivity contribution is 5.95. The van der Waals surface area contributed by atoms with Gasteiger partial charge in [-0.1, -0.05) is 42.5 Å². The third-order valence-corrected chi connectivity index (χ3v) is 4.32. The van der Waals surface area contributed by atoms with Crippen LogP contribution in [-0.4, -0.2) is 43.1 Å². The maximum absolute atomic E-state index is 12.5. The molecule has 3 rings (SSSR count). The first-order valence-corrected chi connectivity index (χ1v) is 8.55. The molecule has 0 bridgehead atoms. The average molecular weight is 354 g/mol. The number of methoxy groups -OCH3 is 1. The maximum atomic E-state index is 12.5. The van der Waals surface area contributed by atoms with Crippen molar-refractivity contribution < 1.29 is 19.1 Å². The molecule has 0 aliphatic carbocycles. The molecule has 1 atom stereocenters. The van der Waals surface area contributed by atoms with Gasteiger partial charge in [0.1, 0.15) is 18.4 Å². The predicted octanol–water partition coefficient (Wildman–Crippen LogP) is 2.45. The minimum absolute atomic E-state index is 0.0315. The Labute approximate surface area is 152 Å². The quantitative estimate of drug-likeness (QED) is 0.807. The molecule has 1 amide bonds. The number of anilines is 1. The molecule has 0 aromatic heterocycles. The number of morpholine rings is 1. The lowest BCUT2D eigenvalue weighted by Crippen LogP contribution is -2.49. The lowest BCUT2D eigenvalue weighted by molar-refractivity contribution is -0.159. The Balaban J connectivity index is 1.68. The molecule has 6 nitrogen and oxygen atoms in total. The SMILES string of the molecule is COc1ccccc1NC(=O)C[C@H]1C(=O)OCCN1Cc1ccccc1. The van der Waals surface area contributed by atoms with Crippen LogP contribution in [-0.2, 0) is 20.9 Å². The van der Waals surface area contributed by atoms with Gasteiger partial charge in [0, 0.05) is 13.1 Å². The Kier molecular flexibility index (Phi) is 5.86. The third-order valence-electron chi connectivity index (χ3n) is 4.32. The van der Waals surface area contributed by atoms with E-state index in [9.17, 15) is 9.59 Å². The minimum atomic E-state index is -0.598. The molecule has 0 unspecified atom stereocenters. The van der Waals surface area contributed by atoms with Gasteiger partial charge in [0.25, 0.3) is 0 Å². The zero-order valence-corrected chi connectivity index (χ0v) is 14.7. The highest BCUT2D eigenvalue weighted by atomic mass is 16.5. The monoisotopic (exact) mass is 354 g/mol. The summed E-state index contributed by atoms with van der Waals surface area (Å²) in [4.78, 5) is 26.7. The fourth-order valence-electron chi connectivity index (χ4n) is 3.01. The largest absolute Gasteiger partial charge is 0.495 e. The second-order valence-corrected chi connectivity index (χ2v) is 6.09. The number of nitrogens with one attached hydrogen (secondary N) is 1. The summed E-state index contributed by atoms with van der Waals surface area (Å²) in [6.45, 7) is 1.55. The van der Waals surface area contributed by atoms with E-state index in [1.165, 1.54) is 0 Å². The summed E-state index contributed by atoms with van der Waals surface area (Å²) in [5.74, 6) is -0.0352. The molecular formula is C20H22N2O4. The number of hydrogen-bond donors (Lipinski definition) is 1. The van der Waals surface area contributed by atoms with Crippen molar-refractivity contribution in [3.8, 4) is 5.75 Å². The number of rotatable bonds is 6. The Morgan fingerprint density at radius 1 is 1.19 bits per heavy atom. The summed E-state index contributed by atoms with van der Waals surface area (Å²) in [5, 5.41) is 2.82. The Morgan fingerprint density at radius 3 is 2.69 bits per heavy atom. The smallest absolute Gasteiger partial charge is 0.323 e. The molecule has 1 heterocycles. The molecular weight excluding hydrogens is 332 g/mol. The molecule has 2 aromatic carbocycles. The molecule has 26 heavy (non-hydrogen) atoms. The number of benzene rings is 2. The van der Waals surface area contributed by atoms with Crippen molar-refractivity contribution in [2.45, 2.75) is 19.0 Å². The van der Waals surface area contributed by atoms with Crippen LogP contribution < -0.4 is 10.1 Å². The van der Waals surface area contributed by atoms with Crippen LogP contribution in [0.1, 0.15) is 12.0 Å². The Bertz CT molecular complexity index is 763. The Hall–Kier alpha value is -2.86. The molecule has 1 fully saturated rings. The van der Waals surface area contributed by atoms with Gasteiger partial charge in [-0.15, -0.1) is 0 Å². The Morgan fingerprint density at radius 2 is 1.92 bits per heavy atom. The van der Waals surface area contributed by atoms with Crippen molar-refractivity contribution >= 4 is 17.6 Å². The van der Waals surface area contributed by atoms with Gasteiger partial charge < -0.3 is 14.8 Å². The summed E-state index contributed by atoms with van der Waals surface area (Å²) < 4.78 is 10.4. The number of cyclic esters (lactones) is 1. The van der Waals surface area contributed by atoms with Crippen LogP contribution in [0.2, 0.25) is 0 Å². The number of carbonyl (C=O) groups excluding carboxylic acids is 2. The van der Waals surface area contributed by atoms with E-state index in [1.807, 2.05) is 47.4 Å². The number of ether oxygens (including phenoxy) is 2. The van der Waals surface area contributed by atoms with E-state index >= 15 is 0 Å². The fraction of sp³-hybridized carbons (Fsp3) is 0.300. The third kappa shape index (κ3) is 4.40. The van der Waals surface area contributed by atoms with Crippen LogP contribution in [0.4, 0.5) is 5.69 Å². The second kappa shape index (κ2) is 8.49. The van der Waals surface area contributed by atoms with E-state index in [-0.39, 0.29) is 18.3 Å². The van der Waals surface area contributed by atoms with Crippen molar-refractivity contribution in [2.75, 3.05) is 25.6 Å². The first kappa shape index (κ1) is 17.9. The molecule has 2 aromatic rings. The number of amides is 1. The molecule has 0 saturated carbocycles. The normalized spacial score (nSPS) is 17.4. The summed E-state index contributed by atoms with van der Waals surface area (Å²) >= 11 is 0. The molecule has 1 aliphatic rings. The minimum Gasteiger partial charge on any atom is -0.495 e. The molecule has 1 aliphatic heterocycles. The number of para-hydroxylation sites is 2. The lowest BCUT2D eigenvalue weighted by Gasteiger charge is -2.33. The number of carbonyl (C=O) groups is 2.